The second-order valence-corrected chi connectivity index (χ2v) is 4.18. The Hall–Kier alpha value is -0.880. The zero-order valence-corrected chi connectivity index (χ0v) is 10.3. The average molecular weight is 316 g/mol. The molecule has 4 heteroatoms. The Morgan fingerprint density at radius 2 is 2.13 bits per heavy atom. The van der Waals surface area contributed by atoms with Crippen molar-refractivity contribution < 1.29 is 9.15 Å². The first kappa shape index (κ1) is 10.6. The van der Waals surface area contributed by atoms with E-state index in [9.17, 15) is 4.79 Å². The van der Waals surface area contributed by atoms with Gasteiger partial charge in [0.2, 0.25) is 5.43 Å². The third kappa shape index (κ3) is 1.91. The molecule has 15 heavy (non-hydrogen) atoms. The summed E-state index contributed by atoms with van der Waals surface area (Å²) in [6.45, 7) is 0.318. The maximum atomic E-state index is 11.9. The van der Waals surface area contributed by atoms with Crippen molar-refractivity contribution in [3.05, 3.63) is 43.8 Å². The molecule has 78 valence electrons. The van der Waals surface area contributed by atoms with Crippen molar-refractivity contribution in [2.24, 2.45) is 0 Å². The van der Waals surface area contributed by atoms with Crippen LogP contribution in [0.15, 0.2) is 33.5 Å². The van der Waals surface area contributed by atoms with Crippen molar-refractivity contribution in [1.82, 2.24) is 0 Å². The van der Waals surface area contributed by atoms with Gasteiger partial charge in [-0.05, 0) is 34.7 Å². The van der Waals surface area contributed by atoms with E-state index in [4.69, 9.17) is 9.15 Å². The van der Waals surface area contributed by atoms with Crippen LogP contribution in [0, 0.1) is 3.57 Å². The van der Waals surface area contributed by atoms with Gasteiger partial charge in [-0.25, -0.2) is 0 Å². The number of para-hydroxylation sites is 1. The van der Waals surface area contributed by atoms with Crippen molar-refractivity contribution in [2.75, 3.05) is 7.11 Å². The molecular formula is C11H9IO3. The Bertz CT molecular complexity index is 545. The summed E-state index contributed by atoms with van der Waals surface area (Å²) in [6, 6.07) is 7.21. The molecule has 0 N–H and O–H groups in total. The molecule has 3 nitrogen and oxygen atoms in total. The van der Waals surface area contributed by atoms with Gasteiger partial charge >= 0.3 is 0 Å². The molecule has 1 heterocycles. The Morgan fingerprint density at radius 3 is 2.87 bits per heavy atom. The number of hydrogen-bond acceptors (Lipinski definition) is 3. The average Bonchev–Trinajstić information content (AvgIpc) is 2.26. The van der Waals surface area contributed by atoms with Crippen LogP contribution in [0.2, 0.25) is 0 Å². The van der Waals surface area contributed by atoms with Gasteiger partial charge in [0.05, 0.1) is 5.39 Å². The number of methoxy groups -OCH3 is 1. The molecule has 0 unspecified atom stereocenters. The zero-order chi connectivity index (χ0) is 10.8. The Labute approximate surface area is 100 Å². The molecule has 2 rings (SSSR count). The summed E-state index contributed by atoms with van der Waals surface area (Å²) in [7, 11) is 1.57. The molecule has 0 aliphatic rings. The van der Waals surface area contributed by atoms with Crippen molar-refractivity contribution in [3.63, 3.8) is 0 Å². The molecule has 1 aromatic carbocycles. The molecule has 1 aromatic heterocycles. The minimum absolute atomic E-state index is 0.00417. The maximum Gasteiger partial charge on any atom is 0.206 e. The van der Waals surface area contributed by atoms with Gasteiger partial charge in [0.25, 0.3) is 0 Å². The van der Waals surface area contributed by atoms with E-state index in [1.54, 1.807) is 19.2 Å². The summed E-state index contributed by atoms with van der Waals surface area (Å²) in [5.41, 5.74) is 0.611. The third-order valence-electron chi connectivity index (χ3n) is 2.08. The maximum absolute atomic E-state index is 11.9. The Kier molecular flexibility index (Phi) is 3.06. The van der Waals surface area contributed by atoms with Gasteiger partial charge in [-0.1, -0.05) is 12.1 Å². The van der Waals surface area contributed by atoms with Crippen LogP contribution in [-0.2, 0) is 11.3 Å². The van der Waals surface area contributed by atoms with Crippen LogP contribution in [0.25, 0.3) is 11.0 Å². The number of hydrogen-bond donors (Lipinski definition) is 0. The Balaban J connectivity index is 2.77. The second kappa shape index (κ2) is 4.32. The van der Waals surface area contributed by atoms with Crippen LogP contribution < -0.4 is 5.43 Å². The lowest BCUT2D eigenvalue weighted by Crippen LogP contribution is -2.09. The summed E-state index contributed by atoms with van der Waals surface area (Å²) in [5.74, 6) is 0.585. The van der Waals surface area contributed by atoms with Gasteiger partial charge < -0.3 is 9.15 Å². The minimum Gasteiger partial charge on any atom is -0.457 e. The predicted octanol–water partition coefficient (Wildman–Crippen LogP) is 2.54. The first-order valence-corrected chi connectivity index (χ1v) is 5.51. The standard InChI is InChI=1S/C11H9IO3/c1-14-6-9-10(12)11(13)7-4-2-3-5-8(7)15-9/h2-5H,6H2,1H3. The van der Waals surface area contributed by atoms with Crippen LogP contribution in [-0.4, -0.2) is 7.11 Å². The lowest BCUT2D eigenvalue weighted by Gasteiger charge is -2.04. The van der Waals surface area contributed by atoms with Gasteiger partial charge in [0.1, 0.15) is 21.5 Å². The van der Waals surface area contributed by atoms with Gasteiger partial charge in [-0.2, -0.15) is 0 Å². The van der Waals surface area contributed by atoms with Crippen molar-refractivity contribution in [2.45, 2.75) is 6.61 Å². The predicted molar refractivity (Wildman–Crippen MR) is 65.9 cm³/mol. The van der Waals surface area contributed by atoms with E-state index < -0.39 is 0 Å². The first-order valence-electron chi connectivity index (χ1n) is 4.43. The van der Waals surface area contributed by atoms with E-state index in [1.165, 1.54) is 0 Å². The van der Waals surface area contributed by atoms with Crippen LogP contribution in [0.4, 0.5) is 0 Å². The van der Waals surface area contributed by atoms with Gasteiger partial charge in [0.15, 0.2) is 0 Å². The molecular weight excluding hydrogens is 307 g/mol. The van der Waals surface area contributed by atoms with Crippen LogP contribution in [0.3, 0.4) is 0 Å². The largest absolute Gasteiger partial charge is 0.457 e. The summed E-state index contributed by atoms with van der Waals surface area (Å²) in [5, 5.41) is 0.613. The number of ether oxygens (including phenoxy) is 1. The number of halogens is 1. The SMILES string of the molecule is COCc1oc2ccccc2c(=O)c1I. The lowest BCUT2D eigenvalue weighted by molar-refractivity contribution is 0.164. The normalized spacial score (nSPS) is 10.8. The van der Waals surface area contributed by atoms with Gasteiger partial charge in [0, 0.05) is 7.11 Å². The smallest absolute Gasteiger partial charge is 0.206 e. The second-order valence-electron chi connectivity index (χ2n) is 3.10. The quantitative estimate of drug-likeness (QED) is 0.800. The summed E-state index contributed by atoms with van der Waals surface area (Å²) >= 11 is 1.99. The highest BCUT2D eigenvalue weighted by Gasteiger charge is 2.10. The van der Waals surface area contributed by atoms with E-state index in [2.05, 4.69) is 0 Å². The molecule has 0 amide bonds. The lowest BCUT2D eigenvalue weighted by atomic mass is 10.2. The molecule has 0 bridgehead atoms. The fourth-order valence-corrected chi connectivity index (χ4v) is 1.95. The molecule has 0 saturated carbocycles. The molecule has 0 atom stereocenters. The van der Waals surface area contributed by atoms with Crippen LogP contribution >= 0.6 is 22.6 Å². The van der Waals surface area contributed by atoms with E-state index in [0.717, 1.165) is 0 Å². The topological polar surface area (TPSA) is 39.4 Å². The van der Waals surface area contributed by atoms with Crippen molar-refractivity contribution in [3.8, 4) is 0 Å². The first-order chi connectivity index (χ1) is 7.24. The molecule has 2 aromatic rings. The Morgan fingerprint density at radius 1 is 1.40 bits per heavy atom. The van der Waals surface area contributed by atoms with E-state index in [1.807, 2.05) is 34.7 Å². The van der Waals surface area contributed by atoms with Crippen molar-refractivity contribution in [1.29, 1.82) is 0 Å². The van der Waals surface area contributed by atoms with Crippen molar-refractivity contribution >= 4 is 33.6 Å². The molecule has 0 aliphatic carbocycles. The fourth-order valence-electron chi connectivity index (χ4n) is 1.39. The fraction of sp³-hybridized carbons (Fsp3) is 0.182. The highest BCUT2D eigenvalue weighted by molar-refractivity contribution is 14.1. The highest BCUT2D eigenvalue weighted by atomic mass is 127. The number of rotatable bonds is 2. The van der Waals surface area contributed by atoms with Gasteiger partial charge in [-0.15, -0.1) is 0 Å². The molecule has 0 saturated heterocycles. The van der Waals surface area contributed by atoms with Crippen LogP contribution in [0.1, 0.15) is 5.76 Å². The summed E-state index contributed by atoms with van der Waals surface area (Å²) in [6.07, 6.45) is 0. The summed E-state index contributed by atoms with van der Waals surface area (Å²) < 4.78 is 11.1. The molecule has 0 spiro atoms. The van der Waals surface area contributed by atoms with E-state index in [0.29, 0.717) is 26.9 Å². The highest BCUT2D eigenvalue weighted by Crippen LogP contribution is 2.17. The zero-order valence-electron chi connectivity index (χ0n) is 8.12. The molecule has 0 fully saturated rings. The molecule has 0 aliphatic heterocycles. The van der Waals surface area contributed by atoms with Crippen LogP contribution in [0.5, 0.6) is 0 Å². The number of fused-ring (bicyclic) bond motifs is 1. The monoisotopic (exact) mass is 316 g/mol. The summed E-state index contributed by atoms with van der Waals surface area (Å²) in [4.78, 5) is 11.9. The third-order valence-corrected chi connectivity index (χ3v) is 3.18. The van der Waals surface area contributed by atoms with Gasteiger partial charge in [-0.3, -0.25) is 4.79 Å². The molecule has 0 radical (unpaired) electrons. The van der Waals surface area contributed by atoms with E-state index >= 15 is 0 Å². The van der Waals surface area contributed by atoms with E-state index in [-0.39, 0.29) is 5.43 Å². The minimum atomic E-state index is 0.00417. The number of benzene rings is 1.